The fourth-order valence-corrected chi connectivity index (χ4v) is 6.63. The van der Waals surface area contributed by atoms with E-state index in [1.165, 1.54) is 12.1 Å². The van der Waals surface area contributed by atoms with Crippen LogP contribution in [0.25, 0.3) is 11.1 Å². The lowest BCUT2D eigenvalue weighted by Crippen LogP contribution is -2.40. The molecule has 1 aromatic heterocycles. The number of benzene rings is 2. The van der Waals surface area contributed by atoms with Gasteiger partial charge in [0.15, 0.2) is 0 Å². The van der Waals surface area contributed by atoms with Crippen LogP contribution in [0.3, 0.4) is 0 Å². The summed E-state index contributed by atoms with van der Waals surface area (Å²) in [5.74, 6) is -1.63. The van der Waals surface area contributed by atoms with Crippen molar-refractivity contribution in [2.75, 3.05) is 39.5 Å². The van der Waals surface area contributed by atoms with Gasteiger partial charge in [0, 0.05) is 18.7 Å². The first-order valence-electron chi connectivity index (χ1n) is 15.7. The first-order chi connectivity index (χ1) is 22.1. The number of ether oxygens (including phenoxy) is 2. The molecule has 2 N–H and O–H groups in total. The van der Waals surface area contributed by atoms with Gasteiger partial charge in [0.2, 0.25) is 11.0 Å². The average molecular weight is 655 g/mol. The van der Waals surface area contributed by atoms with Gasteiger partial charge >= 0.3 is 5.97 Å². The fraction of sp³-hybridized carbons (Fsp3) is 0.471. The Morgan fingerprint density at radius 1 is 1.13 bits per heavy atom. The molecule has 1 aliphatic rings. The van der Waals surface area contributed by atoms with Gasteiger partial charge in [0.25, 0.3) is 6.01 Å². The third-order valence-electron chi connectivity index (χ3n) is 7.72. The van der Waals surface area contributed by atoms with Gasteiger partial charge in [0.05, 0.1) is 61.7 Å². The predicted octanol–water partition coefficient (Wildman–Crippen LogP) is 5.02. The van der Waals surface area contributed by atoms with Gasteiger partial charge in [-0.25, -0.2) is 9.18 Å². The summed E-state index contributed by atoms with van der Waals surface area (Å²) in [6.07, 6.45) is 1.10. The molecule has 12 heteroatoms. The molecule has 1 unspecified atom stereocenters. The molecule has 248 valence electrons. The minimum absolute atomic E-state index is 0.0504. The molecular weight excluding hydrogens is 611 g/mol. The Balaban J connectivity index is 1.54. The number of imidazole rings is 1. The minimum Gasteiger partial charge on any atom is -0.478 e. The summed E-state index contributed by atoms with van der Waals surface area (Å²) in [4.78, 5) is 44.8. The Kier molecular flexibility index (Phi) is 12.8. The Hall–Kier alpha value is -3.74. The van der Waals surface area contributed by atoms with Crippen molar-refractivity contribution in [1.82, 2.24) is 19.8 Å². The maximum absolute atomic E-state index is 15.6. The number of carboxylic acid groups (broad SMARTS) is 1. The second-order valence-electron chi connectivity index (χ2n) is 11.5. The number of halogens is 1. The Morgan fingerprint density at radius 3 is 2.52 bits per heavy atom. The van der Waals surface area contributed by atoms with Crippen LogP contribution in [-0.2, 0) is 33.8 Å². The number of nitrogens with one attached hydrogen (secondary N) is 1. The van der Waals surface area contributed by atoms with Crippen LogP contribution in [0.15, 0.2) is 42.5 Å². The molecule has 0 saturated carbocycles. The van der Waals surface area contributed by atoms with Crippen LogP contribution in [0.1, 0.15) is 61.4 Å². The van der Waals surface area contributed by atoms with Crippen molar-refractivity contribution in [3.63, 3.8) is 0 Å². The van der Waals surface area contributed by atoms with Gasteiger partial charge in [-0.2, -0.15) is 4.98 Å². The van der Waals surface area contributed by atoms with E-state index in [0.29, 0.717) is 79.8 Å². The number of morpholine rings is 1. The molecule has 0 aliphatic carbocycles. The number of aromatic nitrogens is 2. The molecule has 1 saturated heterocycles. The van der Waals surface area contributed by atoms with E-state index in [-0.39, 0.29) is 42.1 Å². The maximum atomic E-state index is 15.6. The van der Waals surface area contributed by atoms with E-state index in [2.05, 4.69) is 10.3 Å². The minimum atomic E-state index is -1.09. The molecular formula is C34H43FN4O6S. The highest BCUT2D eigenvalue weighted by Crippen LogP contribution is 2.28. The zero-order valence-electron chi connectivity index (χ0n) is 26.9. The van der Waals surface area contributed by atoms with Crippen molar-refractivity contribution in [2.45, 2.75) is 58.9 Å². The molecule has 46 heavy (non-hydrogen) atoms. The van der Waals surface area contributed by atoms with Gasteiger partial charge in [-0.1, -0.05) is 62.9 Å². The number of amides is 1. The molecule has 0 bridgehead atoms. The van der Waals surface area contributed by atoms with Crippen LogP contribution in [0.2, 0.25) is 0 Å². The van der Waals surface area contributed by atoms with Crippen LogP contribution < -0.4 is 10.1 Å². The highest BCUT2D eigenvalue weighted by molar-refractivity contribution is 8.14. The Bertz CT molecular complexity index is 1520. The molecule has 3 aromatic rings. The zero-order chi connectivity index (χ0) is 33.2. The van der Waals surface area contributed by atoms with Crippen molar-refractivity contribution >= 4 is 28.8 Å². The topological polar surface area (TPSA) is 123 Å². The Labute approximate surface area is 273 Å². The van der Waals surface area contributed by atoms with Gasteiger partial charge in [-0.05, 0) is 48.9 Å². The normalized spacial score (nSPS) is 14.3. The summed E-state index contributed by atoms with van der Waals surface area (Å²) in [6, 6.07) is 11.4. The number of rotatable bonds is 15. The van der Waals surface area contributed by atoms with Crippen molar-refractivity contribution in [3.05, 3.63) is 70.8 Å². The smallest absolute Gasteiger partial charge is 0.336 e. The number of hydrogen-bond acceptors (Lipinski definition) is 8. The molecule has 2 heterocycles. The standard InChI is InChI=1S/C34H43FN4O6S/c1-5-28-29(19-36-32(41)30(17-22(3)4)46-31(40)21-38-13-15-44-16-14-38)39(34(37-28)45-6-2)20-24-12-11-23(18-27(24)35)25-9-7-8-10-26(25)33(42)43/h7-12,18,22,30H,5-6,13-17,19-21H2,1-4H3,(H,36,41)(H,42,43). The largest absolute Gasteiger partial charge is 0.478 e. The Morgan fingerprint density at radius 2 is 1.87 bits per heavy atom. The molecule has 1 aliphatic heterocycles. The molecule has 1 fully saturated rings. The van der Waals surface area contributed by atoms with Gasteiger partial charge in [-0.15, -0.1) is 0 Å². The van der Waals surface area contributed by atoms with E-state index in [9.17, 15) is 19.5 Å². The average Bonchev–Trinajstić information content (AvgIpc) is 3.36. The van der Waals surface area contributed by atoms with E-state index < -0.39 is 17.0 Å². The van der Waals surface area contributed by atoms with Gasteiger partial charge in [0.1, 0.15) is 5.82 Å². The van der Waals surface area contributed by atoms with E-state index in [4.69, 9.17) is 9.47 Å². The first-order valence-corrected chi connectivity index (χ1v) is 16.6. The van der Waals surface area contributed by atoms with Crippen molar-refractivity contribution in [2.24, 2.45) is 5.92 Å². The summed E-state index contributed by atoms with van der Waals surface area (Å²) < 4.78 is 28.6. The monoisotopic (exact) mass is 654 g/mol. The van der Waals surface area contributed by atoms with Crippen molar-refractivity contribution in [3.8, 4) is 17.1 Å². The molecule has 0 radical (unpaired) electrons. The lowest BCUT2D eigenvalue weighted by molar-refractivity contribution is -0.121. The SMILES string of the molecule is CCOc1nc(CC)c(CNC(=O)C(CC(C)C)SC(=O)CN2CCOCC2)n1Cc1ccc(-c2ccccc2C(=O)O)cc1F. The van der Waals surface area contributed by atoms with E-state index in [1.54, 1.807) is 34.9 Å². The second-order valence-corrected chi connectivity index (χ2v) is 12.8. The lowest BCUT2D eigenvalue weighted by Gasteiger charge is -2.26. The van der Waals surface area contributed by atoms with Gasteiger partial charge in [-0.3, -0.25) is 19.1 Å². The highest BCUT2D eigenvalue weighted by Gasteiger charge is 2.27. The van der Waals surface area contributed by atoms with E-state index in [0.717, 1.165) is 11.8 Å². The summed E-state index contributed by atoms with van der Waals surface area (Å²) in [6.45, 7) is 11.2. The zero-order valence-corrected chi connectivity index (χ0v) is 27.7. The number of carbonyl (C=O) groups is 3. The van der Waals surface area contributed by atoms with E-state index >= 15 is 4.39 Å². The van der Waals surface area contributed by atoms with E-state index in [1.807, 2.05) is 32.6 Å². The van der Waals surface area contributed by atoms with Crippen LogP contribution in [0, 0.1) is 11.7 Å². The summed E-state index contributed by atoms with van der Waals surface area (Å²) >= 11 is 1.08. The number of carboxylic acids is 1. The summed E-state index contributed by atoms with van der Waals surface area (Å²) in [5, 5.41) is 12.0. The number of aryl methyl sites for hydroxylation is 1. The number of hydrogen-bond donors (Lipinski definition) is 2. The van der Waals surface area contributed by atoms with Crippen LogP contribution >= 0.6 is 11.8 Å². The fourth-order valence-electron chi connectivity index (χ4n) is 5.39. The van der Waals surface area contributed by atoms with Crippen LogP contribution in [-0.4, -0.2) is 81.3 Å². The van der Waals surface area contributed by atoms with Gasteiger partial charge < -0.3 is 19.9 Å². The molecule has 10 nitrogen and oxygen atoms in total. The highest BCUT2D eigenvalue weighted by atomic mass is 32.2. The van der Waals surface area contributed by atoms with Crippen molar-refractivity contribution in [1.29, 1.82) is 0 Å². The summed E-state index contributed by atoms with van der Waals surface area (Å²) in [7, 11) is 0. The molecule has 1 atom stereocenters. The third-order valence-corrected chi connectivity index (χ3v) is 8.80. The number of thioether (sulfide) groups is 1. The predicted molar refractivity (Wildman–Crippen MR) is 176 cm³/mol. The van der Waals surface area contributed by atoms with Crippen LogP contribution in [0.5, 0.6) is 6.01 Å². The second kappa shape index (κ2) is 16.7. The third kappa shape index (κ3) is 9.17. The molecule has 1 amide bonds. The van der Waals surface area contributed by atoms with Crippen LogP contribution in [0.4, 0.5) is 4.39 Å². The molecule has 4 rings (SSSR count). The number of carbonyl (C=O) groups excluding carboxylic acids is 2. The first kappa shape index (κ1) is 35.1. The van der Waals surface area contributed by atoms with Crippen molar-refractivity contribution < 1.29 is 33.4 Å². The molecule has 0 spiro atoms. The summed E-state index contributed by atoms with van der Waals surface area (Å²) in [5.41, 5.74) is 2.72. The number of aromatic carboxylic acids is 1. The lowest BCUT2D eigenvalue weighted by atomic mass is 9.98. The molecule has 2 aromatic carbocycles. The number of nitrogens with zero attached hydrogens (tertiary/aromatic N) is 3. The maximum Gasteiger partial charge on any atom is 0.336 e. The quantitative estimate of drug-likeness (QED) is 0.233.